The van der Waals surface area contributed by atoms with Crippen molar-refractivity contribution >= 4 is 5.91 Å². The zero-order valence-corrected chi connectivity index (χ0v) is 13.7. The van der Waals surface area contributed by atoms with E-state index in [1.165, 1.54) is 0 Å². The van der Waals surface area contributed by atoms with Crippen LogP contribution in [-0.2, 0) is 28.6 Å². The second kappa shape index (κ2) is 18.3. The molecule has 0 aliphatic rings. The van der Waals surface area contributed by atoms with E-state index < -0.39 is 0 Å². The van der Waals surface area contributed by atoms with Crippen molar-refractivity contribution in [1.29, 1.82) is 0 Å². The van der Waals surface area contributed by atoms with Gasteiger partial charge in [0.1, 0.15) is 6.61 Å². The molecule has 0 aromatic heterocycles. The molecule has 22 heavy (non-hydrogen) atoms. The van der Waals surface area contributed by atoms with Crippen molar-refractivity contribution in [2.24, 2.45) is 0 Å². The lowest BCUT2D eigenvalue weighted by Gasteiger charge is -2.08. The van der Waals surface area contributed by atoms with E-state index in [0.29, 0.717) is 52.8 Å². The summed E-state index contributed by atoms with van der Waals surface area (Å²) in [4.78, 5) is 15.9. The number of hydroxylamine groups is 1. The number of ether oxygens (including phenoxy) is 4. The molecule has 8 heteroatoms. The van der Waals surface area contributed by atoms with Crippen LogP contribution in [0.4, 0.5) is 0 Å². The lowest BCUT2D eigenvalue weighted by Crippen LogP contribution is -2.32. The third-order valence-corrected chi connectivity index (χ3v) is 2.38. The summed E-state index contributed by atoms with van der Waals surface area (Å²) < 4.78 is 21.2. The fourth-order valence-electron chi connectivity index (χ4n) is 1.36. The van der Waals surface area contributed by atoms with Gasteiger partial charge in [0.05, 0.1) is 46.2 Å². The normalized spacial score (nSPS) is 10.8. The Kier molecular flexibility index (Phi) is 17.6. The zero-order valence-electron chi connectivity index (χ0n) is 13.7. The largest absolute Gasteiger partial charge is 0.379 e. The summed E-state index contributed by atoms with van der Waals surface area (Å²) in [5.41, 5.74) is 2.42. The average molecular weight is 322 g/mol. The lowest BCUT2D eigenvalue weighted by molar-refractivity contribution is -0.128. The summed E-state index contributed by atoms with van der Waals surface area (Å²) >= 11 is 0. The number of hydrogen-bond donors (Lipinski definition) is 2. The maximum atomic E-state index is 11.1. The quantitative estimate of drug-likeness (QED) is 0.281. The standard InChI is InChI=1S/C14H30N2O6/c1-3-5-18-7-9-20-11-12-21-10-8-19-6-4-16-14(17)13-22-15-2/h15H,3-13H2,1-2H3,(H,16,17). The first kappa shape index (κ1) is 21.2. The number of rotatable bonds is 17. The molecule has 0 bridgehead atoms. The molecule has 0 aromatic carbocycles. The van der Waals surface area contributed by atoms with Gasteiger partial charge in [0.2, 0.25) is 5.91 Å². The van der Waals surface area contributed by atoms with Crippen LogP contribution < -0.4 is 10.8 Å². The third-order valence-electron chi connectivity index (χ3n) is 2.38. The minimum atomic E-state index is -0.186. The van der Waals surface area contributed by atoms with E-state index in [9.17, 15) is 4.79 Å². The molecule has 1 amide bonds. The topological polar surface area (TPSA) is 87.3 Å². The number of carbonyl (C=O) groups excluding carboxylic acids is 1. The van der Waals surface area contributed by atoms with Crippen LogP contribution >= 0.6 is 0 Å². The predicted octanol–water partition coefficient (Wildman–Crippen LogP) is -0.270. The maximum Gasteiger partial charge on any atom is 0.248 e. The van der Waals surface area contributed by atoms with Crippen LogP contribution in [0.1, 0.15) is 13.3 Å². The van der Waals surface area contributed by atoms with Crippen LogP contribution in [0.5, 0.6) is 0 Å². The van der Waals surface area contributed by atoms with E-state index in [4.69, 9.17) is 23.8 Å². The van der Waals surface area contributed by atoms with Gasteiger partial charge in [-0.15, -0.1) is 0 Å². The fraction of sp³-hybridized carbons (Fsp3) is 0.929. The van der Waals surface area contributed by atoms with Crippen molar-refractivity contribution in [3.63, 3.8) is 0 Å². The Bertz CT molecular complexity index is 243. The van der Waals surface area contributed by atoms with Crippen molar-refractivity contribution in [2.75, 3.05) is 73.1 Å². The Balaban J connectivity index is 3.04. The minimum absolute atomic E-state index is 0.0108. The molecule has 132 valence electrons. The van der Waals surface area contributed by atoms with Gasteiger partial charge in [0.15, 0.2) is 0 Å². The van der Waals surface area contributed by atoms with E-state index in [1.807, 2.05) is 0 Å². The highest BCUT2D eigenvalue weighted by molar-refractivity contribution is 5.77. The van der Waals surface area contributed by atoms with Gasteiger partial charge in [-0.1, -0.05) is 6.92 Å². The van der Waals surface area contributed by atoms with Crippen molar-refractivity contribution in [1.82, 2.24) is 10.8 Å². The molecule has 0 unspecified atom stereocenters. The molecule has 0 aliphatic carbocycles. The van der Waals surface area contributed by atoms with Gasteiger partial charge in [-0.25, -0.2) is 5.48 Å². The maximum absolute atomic E-state index is 11.1. The molecule has 0 rings (SSSR count). The first-order valence-electron chi connectivity index (χ1n) is 7.67. The summed E-state index contributed by atoms with van der Waals surface area (Å²) in [7, 11) is 1.60. The van der Waals surface area contributed by atoms with Gasteiger partial charge in [0, 0.05) is 20.2 Å². The second-order valence-electron chi connectivity index (χ2n) is 4.29. The Morgan fingerprint density at radius 3 is 1.82 bits per heavy atom. The minimum Gasteiger partial charge on any atom is -0.379 e. The summed E-state index contributed by atoms with van der Waals surface area (Å²) in [5.74, 6) is -0.186. The number of nitrogens with one attached hydrogen (secondary N) is 2. The lowest BCUT2D eigenvalue weighted by atomic mass is 10.5. The molecule has 0 aliphatic heterocycles. The number of amides is 1. The summed E-state index contributed by atoms with van der Waals surface area (Å²) in [5, 5.41) is 2.66. The highest BCUT2D eigenvalue weighted by Crippen LogP contribution is 1.84. The van der Waals surface area contributed by atoms with Crippen molar-refractivity contribution in [3.8, 4) is 0 Å². The Hall–Kier alpha value is -0.770. The number of hydrogen-bond acceptors (Lipinski definition) is 7. The van der Waals surface area contributed by atoms with E-state index in [-0.39, 0.29) is 12.5 Å². The monoisotopic (exact) mass is 322 g/mol. The molecule has 0 heterocycles. The van der Waals surface area contributed by atoms with E-state index in [0.717, 1.165) is 13.0 Å². The van der Waals surface area contributed by atoms with Crippen LogP contribution in [0.2, 0.25) is 0 Å². The highest BCUT2D eigenvalue weighted by atomic mass is 16.6. The molecule has 0 atom stereocenters. The van der Waals surface area contributed by atoms with Gasteiger partial charge in [-0.2, -0.15) is 0 Å². The van der Waals surface area contributed by atoms with Crippen LogP contribution in [0.15, 0.2) is 0 Å². The highest BCUT2D eigenvalue weighted by Gasteiger charge is 1.99. The summed E-state index contributed by atoms with van der Waals surface area (Å²) in [6, 6.07) is 0. The fourth-order valence-corrected chi connectivity index (χ4v) is 1.36. The molecular formula is C14H30N2O6. The Labute approximate surface area is 132 Å². The molecule has 0 saturated heterocycles. The van der Waals surface area contributed by atoms with Gasteiger partial charge in [-0.05, 0) is 6.42 Å². The van der Waals surface area contributed by atoms with Gasteiger partial charge < -0.3 is 24.3 Å². The van der Waals surface area contributed by atoms with Crippen molar-refractivity contribution in [3.05, 3.63) is 0 Å². The molecular weight excluding hydrogens is 292 g/mol. The smallest absolute Gasteiger partial charge is 0.248 e. The summed E-state index contributed by atoms with van der Waals surface area (Å²) in [6.07, 6.45) is 1.02. The average Bonchev–Trinajstić information content (AvgIpc) is 2.53. The van der Waals surface area contributed by atoms with Crippen LogP contribution in [0.3, 0.4) is 0 Å². The van der Waals surface area contributed by atoms with E-state index in [1.54, 1.807) is 7.05 Å². The van der Waals surface area contributed by atoms with E-state index >= 15 is 0 Å². The predicted molar refractivity (Wildman–Crippen MR) is 81.6 cm³/mol. The molecule has 0 saturated carbocycles. The first-order valence-corrected chi connectivity index (χ1v) is 7.67. The van der Waals surface area contributed by atoms with Crippen molar-refractivity contribution in [2.45, 2.75) is 13.3 Å². The summed E-state index contributed by atoms with van der Waals surface area (Å²) in [6.45, 7) is 7.04. The molecule has 2 N–H and O–H groups in total. The van der Waals surface area contributed by atoms with Crippen LogP contribution in [0, 0.1) is 0 Å². The zero-order chi connectivity index (χ0) is 16.3. The van der Waals surface area contributed by atoms with Gasteiger partial charge in [0.25, 0.3) is 0 Å². The molecule has 8 nitrogen and oxygen atoms in total. The second-order valence-corrected chi connectivity index (χ2v) is 4.29. The van der Waals surface area contributed by atoms with E-state index in [2.05, 4.69) is 17.7 Å². The molecule has 0 fully saturated rings. The van der Waals surface area contributed by atoms with Gasteiger partial charge in [-0.3, -0.25) is 9.63 Å². The third kappa shape index (κ3) is 17.3. The van der Waals surface area contributed by atoms with Crippen molar-refractivity contribution < 1.29 is 28.6 Å². The molecule has 0 aromatic rings. The first-order chi connectivity index (χ1) is 10.8. The Morgan fingerprint density at radius 1 is 0.818 bits per heavy atom. The molecule has 0 spiro atoms. The van der Waals surface area contributed by atoms with Gasteiger partial charge >= 0.3 is 0 Å². The molecule has 0 radical (unpaired) electrons. The number of carbonyl (C=O) groups is 1. The van der Waals surface area contributed by atoms with Crippen LogP contribution in [0.25, 0.3) is 0 Å². The SMILES string of the molecule is CCCOCCOCCOCCOCCNC(=O)CONC. The van der Waals surface area contributed by atoms with Crippen LogP contribution in [-0.4, -0.2) is 79.0 Å². The Morgan fingerprint density at radius 2 is 1.32 bits per heavy atom.